The first-order valence-electron chi connectivity index (χ1n) is 8.65. The van der Waals surface area contributed by atoms with Crippen molar-refractivity contribution in [2.45, 2.75) is 20.0 Å². The van der Waals surface area contributed by atoms with Crippen molar-refractivity contribution in [1.29, 1.82) is 0 Å². The smallest absolute Gasteiger partial charge is 0.264 e. The third-order valence-corrected chi connectivity index (χ3v) is 3.73. The molecule has 1 unspecified atom stereocenters. The molecule has 26 heavy (non-hydrogen) atoms. The van der Waals surface area contributed by atoms with Gasteiger partial charge in [0, 0.05) is 25.7 Å². The summed E-state index contributed by atoms with van der Waals surface area (Å²) < 4.78 is 11.2. The van der Waals surface area contributed by atoms with Crippen LogP contribution in [-0.2, 0) is 4.79 Å². The molecule has 1 aliphatic heterocycles. The van der Waals surface area contributed by atoms with Gasteiger partial charge < -0.3 is 25.4 Å². The third kappa shape index (κ3) is 4.53. The maximum absolute atomic E-state index is 12.2. The Hall–Kier alpha value is -3.03. The number of hydrogen-bond donors (Lipinski definition) is 3. The fourth-order valence-corrected chi connectivity index (χ4v) is 2.57. The normalized spacial score (nSPS) is 15.2. The van der Waals surface area contributed by atoms with Gasteiger partial charge in [0.05, 0.1) is 0 Å². The zero-order valence-corrected chi connectivity index (χ0v) is 14.9. The van der Waals surface area contributed by atoms with Crippen LogP contribution in [0.5, 0.6) is 11.5 Å². The molecule has 1 aromatic heterocycles. The second kappa shape index (κ2) is 8.37. The second-order valence-electron chi connectivity index (χ2n) is 5.80. The fraction of sp³-hybridized carbons (Fsp3) is 0.389. The van der Waals surface area contributed by atoms with Crippen LogP contribution in [0.1, 0.15) is 12.7 Å². The van der Waals surface area contributed by atoms with Gasteiger partial charge in [0.25, 0.3) is 5.91 Å². The topological polar surface area (TPSA) is 97.4 Å². The van der Waals surface area contributed by atoms with E-state index in [4.69, 9.17) is 9.47 Å². The monoisotopic (exact) mass is 357 g/mol. The highest BCUT2D eigenvalue weighted by atomic mass is 16.6. The van der Waals surface area contributed by atoms with E-state index in [1.165, 1.54) is 0 Å². The molecule has 1 aromatic carbocycles. The SMILES string of the molecule is CCNc1cc(NCCNC(=O)C2COc3ccccc3O2)nc(C)n1. The Kier molecular flexibility index (Phi) is 5.73. The van der Waals surface area contributed by atoms with E-state index >= 15 is 0 Å². The summed E-state index contributed by atoms with van der Waals surface area (Å²) in [5, 5.41) is 9.18. The van der Waals surface area contributed by atoms with Gasteiger partial charge in [-0.2, -0.15) is 0 Å². The Morgan fingerprint density at radius 3 is 2.65 bits per heavy atom. The minimum atomic E-state index is -0.647. The number of aryl methyl sites for hydroxylation is 1. The Morgan fingerprint density at radius 2 is 1.88 bits per heavy atom. The van der Waals surface area contributed by atoms with Gasteiger partial charge in [-0.05, 0) is 26.0 Å². The molecule has 138 valence electrons. The number of amides is 1. The number of nitrogens with zero attached hydrogens (tertiary/aromatic N) is 2. The number of benzene rings is 1. The maximum atomic E-state index is 12.2. The maximum Gasteiger partial charge on any atom is 0.264 e. The molecule has 0 saturated heterocycles. The molecule has 1 aliphatic rings. The summed E-state index contributed by atoms with van der Waals surface area (Å²) in [5.41, 5.74) is 0. The number of fused-ring (bicyclic) bond motifs is 1. The summed E-state index contributed by atoms with van der Waals surface area (Å²) in [6, 6.07) is 9.16. The predicted octanol–water partition coefficient (Wildman–Crippen LogP) is 1.58. The highest BCUT2D eigenvalue weighted by Crippen LogP contribution is 2.30. The predicted molar refractivity (Wildman–Crippen MR) is 98.8 cm³/mol. The number of hydrogen-bond acceptors (Lipinski definition) is 7. The van der Waals surface area contributed by atoms with Crippen molar-refractivity contribution in [2.75, 3.05) is 36.9 Å². The molecular weight excluding hydrogens is 334 g/mol. The molecule has 3 rings (SSSR count). The van der Waals surface area contributed by atoms with Crippen LogP contribution in [0.15, 0.2) is 30.3 Å². The largest absolute Gasteiger partial charge is 0.485 e. The van der Waals surface area contributed by atoms with Crippen LogP contribution in [0, 0.1) is 6.92 Å². The van der Waals surface area contributed by atoms with Gasteiger partial charge in [0.15, 0.2) is 11.5 Å². The van der Waals surface area contributed by atoms with Gasteiger partial charge in [-0.1, -0.05) is 12.1 Å². The second-order valence-corrected chi connectivity index (χ2v) is 5.80. The number of carbonyl (C=O) groups is 1. The first kappa shape index (κ1) is 17.8. The van der Waals surface area contributed by atoms with Gasteiger partial charge in [0.2, 0.25) is 6.10 Å². The molecule has 1 atom stereocenters. The number of carbonyl (C=O) groups excluding carboxylic acids is 1. The van der Waals surface area contributed by atoms with E-state index in [9.17, 15) is 4.79 Å². The Balaban J connectivity index is 1.45. The van der Waals surface area contributed by atoms with Gasteiger partial charge in [-0.3, -0.25) is 4.79 Å². The van der Waals surface area contributed by atoms with Crippen molar-refractivity contribution < 1.29 is 14.3 Å². The van der Waals surface area contributed by atoms with Crippen LogP contribution in [0.4, 0.5) is 11.6 Å². The Bertz CT molecular complexity index is 768. The molecule has 0 aliphatic carbocycles. The van der Waals surface area contributed by atoms with Crippen LogP contribution in [-0.4, -0.2) is 48.2 Å². The van der Waals surface area contributed by atoms with Crippen molar-refractivity contribution in [3.8, 4) is 11.5 Å². The average Bonchev–Trinajstić information content (AvgIpc) is 2.64. The molecule has 2 heterocycles. The lowest BCUT2D eigenvalue weighted by Gasteiger charge is -2.25. The van der Waals surface area contributed by atoms with E-state index in [1.807, 2.05) is 38.1 Å². The summed E-state index contributed by atoms with van der Waals surface area (Å²) in [4.78, 5) is 20.9. The molecule has 0 spiro atoms. The van der Waals surface area contributed by atoms with Crippen LogP contribution < -0.4 is 25.4 Å². The molecule has 1 amide bonds. The average molecular weight is 357 g/mol. The minimum Gasteiger partial charge on any atom is -0.485 e. The van der Waals surface area contributed by atoms with E-state index in [-0.39, 0.29) is 12.5 Å². The summed E-state index contributed by atoms with van der Waals surface area (Å²) in [6.07, 6.45) is -0.647. The van der Waals surface area contributed by atoms with Crippen molar-refractivity contribution in [2.24, 2.45) is 0 Å². The minimum absolute atomic E-state index is 0.200. The number of rotatable bonds is 7. The fourth-order valence-electron chi connectivity index (χ4n) is 2.57. The molecule has 0 radical (unpaired) electrons. The van der Waals surface area contributed by atoms with E-state index in [2.05, 4.69) is 25.9 Å². The Morgan fingerprint density at radius 1 is 1.15 bits per heavy atom. The first-order valence-corrected chi connectivity index (χ1v) is 8.65. The van der Waals surface area contributed by atoms with Crippen molar-refractivity contribution >= 4 is 17.5 Å². The lowest BCUT2D eigenvalue weighted by molar-refractivity contribution is -0.130. The number of nitrogens with one attached hydrogen (secondary N) is 3. The number of anilines is 2. The zero-order valence-electron chi connectivity index (χ0n) is 14.9. The molecule has 0 fully saturated rings. The summed E-state index contributed by atoms with van der Waals surface area (Å²) in [5.74, 6) is 3.22. The van der Waals surface area contributed by atoms with Crippen LogP contribution >= 0.6 is 0 Å². The summed E-state index contributed by atoms with van der Waals surface area (Å²) in [6.45, 7) is 5.82. The highest BCUT2D eigenvalue weighted by molar-refractivity contribution is 5.81. The van der Waals surface area contributed by atoms with E-state index in [0.717, 1.165) is 12.4 Å². The molecular formula is C18H23N5O3. The van der Waals surface area contributed by atoms with Gasteiger partial charge in [-0.25, -0.2) is 9.97 Å². The van der Waals surface area contributed by atoms with Crippen LogP contribution in [0.25, 0.3) is 0 Å². The zero-order chi connectivity index (χ0) is 18.4. The van der Waals surface area contributed by atoms with Crippen molar-refractivity contribution in [3.63, 3.8) is 0 Å². The molecule has 8 heteroatoms. The first-order chi connectivity index (χ1) is 12.7. The van der Waals surface area contributed by atoms with E-state index < -0.39 is 6.10 Å². The lowest BCUT2D eigenvalue weighted by Crippen LogP contribution is -2.45. The number of aromatic nitrogens is 2. The highest BCUT2D eigenvalue weighted by Gasteiger charge is 2.26. The van der Waals surface area contributed by atoms with Gasteiger partial charge in [-0.15, -0.1) is 0 Å². The van der Waals surface area contributed by atoms with Crippen LogP contribution in [0.2, 0.25) is 0 Å². The quantitative estimate of drug-likeness (QED) is 0.647. The van der Waals surface area contributed by atoms with Gasteiger partial charge in [0.1, 0.15) is 24.1 Å². The van der Waals surface area contributed by atoms with Crippen molar-refractivity contribution in [1.82, 2.24) is 15.3 Å². The lowest BCUT2D eigenvalue weighted by atomic mass is 10.2. The van der Waals surface area contributed by atoms with E-state index in [0.29, 0.717) is 36.2 Å². The van der Waals surface area contributed by atoms with Crippen LogP contribution in [0.3, 0.4) is 0 Å². The molecule has 8 nitrogen and oxygen atoms in total. The molecule has 0 bridgehead atoms. The molecule has 2 aromatic rings. The Labute approximate surface area is 152 Å². The van der Waals surface area contributed by atoms with Gasteiger partial charge >= 0.3 is 0 Å². The summed E-state index contributed by atoms with van der Waals surface area (Å²) >= 11 is 0. The van der Waals surface area contributed by atoms with Crippen molar-refractivity contribution in [3.05, 3.63) is 36.2 Å². The van der Waals surface area contributed by atoms with E-state index in [1.54, 1.807) is 6.07 Å². The molecule has 3 N–H and O–H groups in total. The third-order valence-electron chi connectivity index (χ3n) is 3.73. The molecule has 0 saturated carbocycles. The number of para-hydroxylation sites is 2. The number of ether oxygens (including phenoxy) is 2. The standard InChI is InChI=1S/C18H23N5O3/c1-3-19-16-10-17(23-12(2)22-16)20-8-9-21-18(24)15-11-25-13-6-4-5-7-14(13)26-15/h4-7,10,15H,3,8-9,11H2,1-2H3,(H,21,24)(H2,19,20,22,23). The summed E-state index contributed by atoms with van der Waals surface area (Å²) in [7, 11) is 0.